The highest BCUT2D eigenvalue weighted by Crippen LogP contribution is 2.48. The number of nitrogens with zero attached hydrogens (tertiary/aromatic N) is 5. The van der Waals surface area contributed by atoms with Gasteiger partial charge in [0.15, 0.2) is 12.4 Å². The number of alkyl halides is 3. The van der Waals surface area contributed by atoms with Crippen molar-refractivity contribution in [3.8, 4) is 6.01 Å². The molecular weight excluding hydrogens is 699 g/mol. The van der Waals surface area contributed by atoms with Gasteiger partial charge in [-0.15, -0.1) is 0 Å². The molecule has 0 atom stereocenters. The van der Waals surface area contributed by atoms with Crippen molar-refractivity contribution >= 4 is 52.7 Å². The maximum absolute atomic E-state index is 12.9. The molecule has 270 valence electrons. The zero-order chi connectivity index (χ0) is 36.6. The van der Waals surface area contributed by atoms with Crippen LogP contribution < -0.4 is 26.0 Å². The van der Waals surface area contributed by atoms with Crippen molar-refractivity contribution in [3.63, 3.8) is 0 Å². The lowest BCUT2D eigenvalue weighted by atomic mass is 10.1. The Kier molecular flexibility index (Phi) is 11.6. The second-order valence-electron chi connectivity index (χ2n) is 11.5. The summed E-state index contributed by atoms with van der Waals surface area (Å²) in [6, 6.07) is 14.2. The summed E-state index contributed by atoms with van der Waals surface area (Å²) < 4.78 is 48.4. The molecule has 5 N–H and O–H groups in total. The Labute approximate surface area is 293 Å². The van der Waals surface area contributed by atoms with Gasteiger partial charge in [0.2, 0.25) is 11.9 Å². The van der Waals surface area contributed by atoms with Gasteiger partial charge in [0.1, 0.15) is 5.76 Å². The standard InChI is InChI=1S/C32H33ClF3N9O6/c1-19-17-24(44-51-19)39-26(48)27(49)45(15-16-46)14-2-13-37-25(47)20-3-9-23(10-4-20)38-28-40-29(42-30(41-28)50-18-32(34,35)36)43-31(11-12-31)21-5-7-22(33)8-6-21/h3-10,17,46H,2,11-16,18H2,1H3,(H,37,47)(H,39,44,48)(H2,38,40,41,42,43). The van der Waals surface area contributed by atoms with E-state index >= 15 is 0 Å². The van der Waals surface area contributed by atoms with E-state index in [1.807, 2.05) is 12.1 Å². The summed E-state index contributed by atoms with van der Waals surface area (Å²) in [6.45, 7) is -0.215. The first kappa shape index (κ1) is 36.8. The number of carbonyl (C=O) groups is 3. The third-order valence-corrected chi connectivity index (χ3v) is 7.74. The van der Waals surface area contributed by atoms with Crippen LogP contribution in [-0.2, 0) is 15.1 Å². The number of amides is 3. The van der Waals surface area contributed by atoms with E-state index in [9.17, 15) is 32.7 Å². The van der Waals surface area contributed by atoms with Gasteiger partial charge in [-0.1, -0.05) is 28.9 Å². The number of aliphatic hydroxyl groups excluding tert-OH is 1. The van der Waals surface area contributed by atoms with E-state index in [-0.39, 0.29) is 55.9 Å². The van der Waals surface area contributed by atoms with Crippen LogP contribution in [0.4, 0.5) is 36.6 Å². The van der Waals surface area contributed by atoms with Crippen molar-refractivity contribution in [2.45, 2.75) is 37.9 Å². The van der Waals surface area contributed by atoms with Gasteiger partial charge in [0.05, 0.1) is 12.1 Å². The van der Waals surface area contributed by atoms with Crippen LogP contribution in [-0.4, -0.2) is 86.9 Å². The van der Waals surface area contributed by atoms with Crippen LogP contribution in [0.1, 0.15) is 40.9 Å². The Balaban J connectivity index is 1.17. The second kappa shape index (κ2) is 16.0. The number of hydrogen-bond donors (Lipinski definition) is 5. The van der Waals surface area contributed by atoms with Crippen molar-refractivity contribution in [1.29, 1.82) is 0 Å². The van der Waals surface area contributed by atoms with Crippen LogP contribution in [0.25, 0.3) is 0 Å². The van der Waals surface area contributed by atoms with E-state index in [1.54, 1.807) is 31.2 Å². The number of aliphatic hydroxyl groups is 1. The van der Waals surface area contributed by atoms with Crippen LogP contribution in [0.3, 0.4) is 0 Å². The molecule has 0 spiro atoms. The minimum absolute atomic E-state index is 0.00180. The first-order valence-electron chi connectivity index (χ1n) is 15.6. The molecule has 1 saturated carbocycles. The molecule has 51 heavy (non-hydrogen) atoms. The zero-order valence-corrected chi connectivity index (χ0v) is 27.8. The minimum atomic E-state index is -4.61. The maximum Gasteiger partial charge on any atom is 0.422 e. The number of carbonyl (C=O) groups excluding carboxylic acids is 3. The molecule has 2 aromatic heterocycles. The molecule has 0 bridgehead atoms. The molecule has 1 fully saturated rings. The number of benzene rings is 2. The third-order valence-electron chi connectivity index (χ3n) is 7.49. The fourth-order valence-electron chi connectivity index (χ4n) is 4.86. The maximum atomic E-state index is 12.9. The van der Waals surface area contributed by atoms with Gasteiger partial charge < -0.3 is 35.2 Å². The highest BCUT2D eigenvalue weighted by atomic mass is 35.5. The lowest BCUT2D eigenvalue weighted by Gasteiger charge is -2.20. The summed E-state index contributed by atoms with van der Waals surface area (Å²) in [7, 11) is 0. The molecule has 0 radical (unpaired) electrons. The van der Waals surface area contributed by atoms with Crippen molar-refractivity contribution in [2.75, 3.05) is 48.8 Å². The van der Waals surface area contributed by atoms with Crippen LogP contribution in [0, 0.1) is 6.92 Å². The molecule has 3 amide bonds. The molecule has 1 aliphatic carbocycles. The van der Waals surface area contributed by atoms with Crippen LogP contribution in [0.2, 0.25) is 5.02 Å². The summed E-state index contributed by atoms with van der Waals surface area (Å²) in [5.41, 5.74) is 1.09. The topological polar surface area (TPSA) is 197 Å². The monoisotopic (exact) mass is 731 g/mol. The van der Waals surface area contributed by atoms with Crippen molar-refractivity contribution < 1.29 is 41.9 Å². The van der Waals surface area contributed by atoms with E-state index < -0.39 is 42.1 Å². The summed E-state index contributed by atoms with van der Waals surface area (Å²) in [6.07, 6.45) is -2.88. The molecule has 5 rings (SSSR count). The third kappa shape index (κ3) is 10.5. The first-order chi connectivity index (χ1) is 24.3. The smallest absolute Gasteiger partial charge is 0.422 e. The molecule has 2 aromatic carbocycles. The number of halogens is 4. The van der Waals surface area contributed by atoms with E-state index in [0.29, 0.717) is 16.5 Å². The van der Waals surface area contributed by atoms with Gasteiger partial charge in [-0.3, -0.25) is 19.7 Å². The van der Waals surface area contributed by atoms with E-state index in [1.165, 1.54) is 18.2 Å². The van der Waals surface area contributed by atoms with Crippen molar-refractivity contribution in [2.24, 2.45) is 0 Å². The average Bonchev–Trinajstić information content (AvgIpc) is 3.76. The molecule has 15 nitrogen and oxygen atoms in total. The fraction of sp³-hybridized carbons (Fsp3) is 0.344. The van der Waals surface area contributed by atoms with Gasteiger partial charge in [-0.25, -0.2) is 0 Å². The lowest BCUT2D eigenvalue weighted by Crippen LogP contribution is -2.42. The fourth-order valence-corrected chi connectivity index (χ4v) is 4.98. The Morgan fingerprint density at radius 3 is 2.35 bits per heavy atom. The molecule has 0 saturated heterocycles. The second-order valence-corrected chi connectivity index (χ2v) is 11.9. The predicted molar refractivity (Wildman–Crippen MR) is 178 cm³/mol. The minimum Gasteiger partial charge on any atom is -0.454 e. The lowest BCUT2D eigenvalue weighted by molar-refractivity contribution is -0.154. The molecule has 2 heterocycles. The molecule has 19 heteroatoms. The molecule has 0 aliphatic heterocycles. The van der Waals surface area contributed by atoms with Gasteiger partial charge in [0, 0.05) is 42.0 Å². The number of nitrogens with one attached hydrogen (secondary N) is 4. The zero-order valence-electron chi connectivity index (χ0n) is 27.1. The summed E-state index contributed by atoms with van der Waals surface area (Å²) in [5.74, 6) is -1.83. The number of ether oxygens (including phenoxy) is 1. The SMILES string of the molecule is Cc1cc(NC(=O)C(=O)N(CCO)CCCNC(=O)c2ccc(Nc3nc(NC4(c5ccc(Cl)cc5)CC4)nc(OCC(F)(F)F)n3)cc2)no1. The van der Waals surface area contributed by atoms with Gasteiger partial charge in [-0.05, 0) is 68.1 Å². The van der Waals surface area contributed by atoms with Crippen molar-refractivity contribution in [3.05, 3.63) is 76.5 Å². The van der Waals surface area contributed by atoms with Gasteiger partial charge >= 0.3 is 24.0 Å². The predicted octanol–water partition coefficient (Wildman–Crippen LogP) is 4.19. The van der Waals surface area contributed by atoms with Crippen LogP contribution in [0.5, 0.6) is 6.01 Å². The molecular formula is C32H33ClF3N9O6. The Hall–Kier alpha value is -5.49. The Morgan fingerprint density at radius 1 is 1.02 bits per heavy atom. The van der Waals surface area contributed by atoms with E-state index in [0.717, 1.165) is 23.3 Å². The van der Waals surface area contributed by atoms with Gasteiger partial charge in [0.25, 0.3) is 5.91 Å². The molecule has 0 unspecified atom stereocenters. The first-order valence-corrected chi connectivity index (χ1v) is 16.0. The number of aryl methyl sites for hydroxylation is 1. The number of hydrogen-bond acceptors (Lipinski definition) is 12. The molecule has 4 aromatic rings. The largest absolute Gasteiger partial charge is 0.454 e. The summed E-state index contributed by atoms with van der Waals surface area (Å²) in [5, 5.41) is 24.7. The number of rotatable bonds is 15. The summed E-state index contributed by atoms with van der Waals surface area (Å²) in [4.78, 5) is 51.2. The van der Waals surface area contributed by atoms with Crippen LogP contribution in [0.15, 0.2) is 59.1 Å². The van der Waals surface area contributed by atoms with E-state index in [2.05, 4.69) is 41.4 Å². The quantitative estimate of drug-likeness (QED) is 0.0865. The average molecular weight is 732 g/mol. The van der Waals surface area contributed by atoms with Gasteiger partial charge in [-0.2, -0.15) is 28.1 Å². The highest BCUT2D eigenvalue weighted by molar-refractivity contribution is 6.39. The van der Waals surface area contributed by atoms with E-state index in [4.69, 9.17) is 20.9 Å². The highest BCUT2D eigenvalue weighted by Gasteiger charge is 2.45. The van der Waals surface area contributed by atoms with Crippen molar-refractivity contribution in [1.82, 2.24) is 30.3 Å². The van der Waals surface area contributed by atoms with Crippen LogP contribution >= 0.6 is 11.6 Å². The normalized spacial score (nSPS) is 13.2. The Bertz CT molecular complexity index is 1840. The number of anilines is 4. The summed E-state index contributed by atoms with van der Waals surface area (Å²) >= 11 is 6.02. The number of aromatic nitrogens is 4. The Morgan fingerprint density at radius 2 is 1.73 bits per heavy atom. The molecule has 1 aliphatic rings.